The second kappa shape index (κ2) is 5.73. The summed E-state index contributed by atoms with van der Waals surface area (Å²) >= 11 is 0. The average molecular weight is 273 g/mol. The van der Waals surface area contributed by atoms with Crippen LogP contribution in [0.2, 0.25) is 0 Å². The van der Waals surface area contributed by atoms with Crippen molar-refractivity contribution < 1.29 is 9.63 Å². The highest BCUT2D eigenvalue weighted by molar-refractivity contribution is 5.53. The van der Waals surface area contributed by atoms with Gasteiger partial charge in [-0.3, -0.25) is 4.90 Å². The van der Waals surface area contributed by atoms with Gasteiger partial charge < -0.3 is 9.63 Å². The van der Waals surface area contributed by atoms with E-state index in [2.05, 4.69) is 15.0 Å². The molecule has 106 valence electrons. The topological polar surface area (TPSA) is 62.4 Å². The highest BCUT2D eigenvalue weighted by Gasteiger charge is 2.19. The number of aliphatic hydroxyl groups excluding tert-OH is 1. The maximum absolute atomic E-state index is 9.49. The van der Waals surface area contributed by atoms with Crippen molar-refractivity contribution in [3.05, 3.63) is 35.7 Å². The van der Waals surface area contributed by atoms with Gasteiger partial charge in [0.15, 0.2) is 5.82 Å². The molecule has 1 fully saturated rings. The van der Waals surface area contributed by atoms with Crippen molar-refractivity contribution >= 4 is 0 Å². The fourth-order valence-corrected chi connectivity index (χ4v) is 2.41. The van der Waals surface area contributed by atoms with Crippen LogP contribution in [0.25, 0.3) is 11.5 Å². The predicted molar refractivity (Wildman–Crippen MR) is 75.0 cm³/mol. The zero-order valence-corrected chi connectivity index (χ0v) is 11.6. The Morgan fingerprint density at radius 2 is 1.95 bits per heavy atom. The Kier molecular flexibility index (Phi) is 3.80. The molecule has 5 nitrogen and oxygen atoms in total. The molecule has 1 aromatic heterocycles. The van der Waals surface area contributed by atoms with E-state index in [4.69, 9.17) is 4.52 Å². The molecule has 1 aromatic carbocycles. The lowest BCUT2D eigenvalue weighted by Gasteiger charge is -2.28. The molecule has 0 bridgehead atoms. The van der Waals surface area contributed by atoms with Gasteiger partial charge in [-0.2, -0.15) is 4.98 Å². The quantitative estimate of drug-likeness (QED) is 0.926. The van der Waals surface area contributed by atoms with Crippen molar-refractivity contribution in [2.75, 3.05) is 13.1 Å². The lowest BCUT2D eigenvalue weighted by molar-refractivity contribution is 0.0777. The van der Waals surface area contributed by atoms with E-state index in [1.807, 2.05) is 31.2 Å². The number of hydrogen-bond acceptors (Lipinski definition) is 5. The van der Waals surface area contributed by atoms with Crippen molar-refractivity contribution in [1.29, 1.82) is 0 Å². The van der Waals surface area contributed by atoms with Gasteiger partial charge in [0.1, 0.15) is 0 Å². The first-order valence-corrected chi connectivity index (χ1v) is 7.01. The van der Waals surface area contributed by atoms with E-state index in [-0.39, 0.29) is 6.10 Å². The molecule has 1 N–H and O–H groups in total. The molecule has 2 heterocycles. The Morgan fingerprint density at radius 1 is 1.25 bits per heavy atom. The number of nitrogens with zero attached hydrogens (tertiary/aromatic N) is 3. The van der Waals surface area contributed by atoms with E-state index >= 15 is 0 Å². The van der Waals surface area contributed by atoms with Crippen molar-refractivity contribution in [2.45, 2.75) is 32.4 Å². The summed E-state index contributed by atoms with van der Waals surface area (Å²) in [5, 5.41) is 13.5. The molecule has 0 radical (unpaired) electrons. The molecule has 0 spiro atoms. The zero-order valence-electron chi connectivity index (χ0n) is 11.6. The summed E-state index contributed by atoms with van der Waals surface area (Å²) in [6.07, 6.45) is 1.49. The predicted octanol–water partition coefficient (Wildman–Crippen LogP) is 2.00. The molecule has 20 heavy (non-hydrogen) atoms. The third-order valence-electron chi connectivity index (χ3n) is 3.69. The van der Waals surface area contributed by atoms with E-state index in [0.29, 0.717) is 18.3 Å². The van der Waals surface area contributed by atoms with E-state index < -0.39 is 0 Å². The summed E-state index contributed by atoms with van der Waals surface area (Å²) < 4.78 is 5.32. The second-order valence-corrected chi connectivity index (χ2v) is 5.39. The van der Waals surface area contributed by atoms with Crippen molar-refractivity contribution in [1.82, 2.24) is 15.0 Å². The molecule has 0 saturated carbocycles. The maximum Gasteiger partial charge on any atom is 0.257 e. The fraction of sp³-hybridized carbons (Fsp3) is 0.467. The van der Waals surface area contributed by atoms with E-state index in [9.17, 15) is 5.11 Å². The Hall–Kier alpha value is -1.72. The molecule has 1 aliphatic heterocycles. The molecule has 1 aliphatic rings. The fourth-order valence-electron chi connectivity index (χ4n) is 2.41. The van der Waals surface area contributed by atoms with Gasteiger partial charge in [-0.25, -0.2) is 0 Å². The van der Waals surface area contributed by atoms with Crippen LogP contribution in [-0.2, 0) is 6.54 Å². The van der Waals surface area contributed by atoms with Gasteiger partial charge in [0.25, 0.3) is 5.89 Å². The van der Waals surface area contributed by atoms with Gasteiger partial charge in [-0.05, 0) is 31.9 Å². The van der Waals surface area contributed by atoms with Crippen LogP contribution in [0.1, 0.15) is 24.2 Å². The molecule has 1 saturated heterocycles. The number of hydrogen-bond donors (Lipinski definition) is 1. The summed E-state index contributed by atoms with van der Waals surface area (Å²) in [5.74, 6) is 1.27. The van der Waals surface area contributed by atoms with Crippen molar-refractivity contribution in [3.8, 4) is 11.5 Å². The Bertz CT molecular complexity index is 557. The summed E-state index contributed by atoms with van der Waals surface area (Å²) in [7, 11) is 0. The summed E-state index contributed by atoms with van der Waals surface area (Å²) in [6.45, 7) is 4.50. The SMILES string of the molecule is Cc1ccc(-c2nc(CN3CCC(O)CC3)no2)cc1. The molecule has 0 atom stereocenters. The first-order chi connectivity index (χ1) is 9.70. The number of aryl methyl sites for hydroxylation is 1. The smallest absolute Gasteiger partial charge is 0.257 e. The largest absolute Gasteiger partial charge is 0.393 e. The maximum atomic E-state index is 9.49. The summed E-state index contributed by atoms with van der Waals surface area (Å²) in [6, 6.07) is 8.05. The van der Waals surface area contributed by atoms with Crippen LogP contribution in [0.15, 0.2) is 28.8 Å². The molecule has 0 amide bonds. The Labute approximate surface area is 118 Å². The lowest BCUT2D eigenvalue weighted by Crippen LogP contribution is -2.35. The van der Waals surface area contributed by atoms with Crippen LogP contribution in [0, 0.1) is 6.92 Å². The number of likely N-dealkylation sites (tertiary alicyclic amines) is 1. The van der Waals surface area contributed by atoms with Crippen LogP contribution in [0.3, 0.4) is 0 Å². The highest BCUT2D eigenvalue weighted by Crippen LogP contribution is 2.19. The van der Waals surface area contributed by atoms with Crippen LogP contribution >= 0.6 is 0 Å². The van der Waals surface area contributed by atoms with E-state index in [1.54, 1.807) is 0 Å². The highest BCUT2D eigenvalue weighted by atomic mass is 16.5. The Morgan fingerprint density at radius 3 is 2.65 bits per heavy atom. The molecule has 0 aliphatic carbocycles. The van der Waals surface area contributed by atoms with E-state index in [1.165, 1.54) is 5.56 Å². The number of aromatic nitrogens is 2. The van der Waals surface area contributed by atoms with Crippen molar-refractivity contribution in [3.63, 3.8) is 0 Å². The number of piperidine rings is 1. The van der Waals surface area contributed by atoms with Crippen LogP contribution in [0.5, 0.6) is 0 Å². The molecular formula is C15H19N3O2. The monoisotopic (exact) mass is 273 g/mol. The number of benzene rings is 1. The molecule has 0 unspecified atom stereocenters. The van der Waals surface area contributed by atoms with Crippen LogP contribution in [-0.4, -0.2) is 39.3 Å². The van der Waals surface area contributed by atoms with E-state index in [0.717, 1.165) is 31.5 Å². The molecular weight excluding hydrogens is 254 g/mol. The third-order valence-corrected chi connectivity index (χ3v) is 3.69. The molecule has 2 aromatic rings. The molecule has 5 heteroatoms. The average Bonchev–Trinajstić information content (AvgIpc) is 2.91. The second-order valence-electron chi connectivity index (χ2n) is 5.39. The Balaban J connectivity index is 1.66. The summed E-state index contributed by atoms with van der Waals surface area (Å²) in [4.78, 5) is 6.69. The summed E-state index contributed by atoms with van der Waals surface area (Å²) in [5.41, 5.74) is 2.16. The molecule has 3 rings (SSSR count). The first-order valence-electron chi connectivity index (χ1n) is 7.01. The van der Waals surface area contributed by atoms with Gasteiger partial charge in [0.2, 0.25) is 0 Å². The van der Waals surface area contributed by atoms with Crippen LogP contribution < -0.4 is 0 Å². The van der Waals surface area contributed by atoms with Crippen molar-refractivity contribution in [2.24, 2.45) is 0 Å². The zero-order chi connectivity index (χ0) is 13.9. The number of aliphatic hydroxyl groups is 1. The minimum absolute atomic E-state index is 0.153. The van der Waals surface area contributed by atoms with Gasteiger partial charge >= 0.3 is 0 Å². The first kappa shape index (κ1) is 13.3. The standard InChI is InChI=1S/C15H19N3O2/c1-11-2-4-12(5-3-11)15-16-14(17-20-15)10-18-8-6-13(19)7-9-18/h2-5,13,19H,6-10H2,1H3. The minimum atomic E-state index is -0.153. The lowest BCUT2D eigenvalue weighted by atomic mass is 10.1. The number of rotatable bonds is 3. The third kappa shape index (κ3) is 3.05. The normalized spacial score (nSPS) is 17.5. The van der Waals surface area contributed by atoms with Gasteiger partial charge in [-0.1, -0.05) is 22.9 Å². The van der Waals surface area contributed by atoms with Gasteiger partial charge in [-0.15, -0.1) is 0 Å². The minimum Gasteiger partial charge on any atom is -0.393 e. The van der Waals surface area contributed by atoms with Gasteiger partial charge in [0.05, 0.1) is 12.6 Å². The van der Waals surface area contributed by atoms with Crippen LogP contribution in [0.4, 0.5) is 0 Å². The van der Waals surface area contributed by atoms with Gasteiger partial charge in [0, 0.05) is 18.7 Å².